The van der Waals surface area contributed by atoms with Crippen molar-refractivity contribution in [1.29, 1.82) is 0 Å². The summed E-state index contributed by atoms with van der Waals surface area (Å²) in [7, 11) is 3.08. The smallest absolute Gasteiger partial charge is 0.251 e. The van der Waals surface area contributed by atoms with Gasteiger partial charge in [0.15, 0.2) is 11.5 Å². The van der Waals surface area contributed by atoms with Crippen LogP contribution >= 0.6 is 0 Å². The lowest BCUT2D eigenvalue weighted by atomic mass is 10.1. The topological polar surface area (TPSA) is 77.0 Å². The Morgan fingerprint density at radius 2 is 1.69 bits per heavy atom. The lowest BCUT2D eigenvalue weighted by molar-refractivity contribution is 0.0916. The Bertz CT molecular complexity index is 727. The van der Waals surface area contributed by atoms with E-state index >= 15 is 0 Å². The zero-order valence-electron chi connectivity index (χ0n) is 15.5. The zero-order chi connectivity index (χ0) is 19.1. The molecule has 6 nitrogen and oxygen atoms in total. The van der Waals surface area contributed by atoms with Crippen molar-refractivity contribution in [3.05, 3.63) is 53.6 Å². The van der Waals surface area contributed by atoms with Gasteiger partial charge in [0.25, 0.3) is 5.91 Å². The van der Waals surface area contributed by atoms with Gasteiger partial charge in [0, 0.05) is 12.1 Å². The molecule has 2 rings (SSSR count). The molecule has 140 valence electrons. The third kappa shape index (κ3) is 5.13. The van der Waals surface area contributed by atoms with Crippen molar-refractivity contribution in [2.24, 2.45) is 0 Å². The maximum atomic E-state index is 12.2. The quantitative estimate of drug-likeness (QED) is 0.758. The second-order valence-electron chi connectivity index (χ2n) is 6.03. The fraction of sp³-hybridized carbons (Fsp3) is 0.350. The fourth-order valence-electron chi connectivity index (χ4n) is 2.43. The summed E-state index contributed by atoms with van der Waals surface area (Å²) >= 11 is 0. The van der Waals surface area contributed by atoms with Crippen molar-refractivity contribution < 1.29 is 24.1 Å². The molecule has 1 amide bonds. The second kappa shape index (κ2) is 9.10. The number of aliphatic hydroxyl groups is 1. The summed E-state index contributed by atoms with van der Waals surface area (Å²) in [5, 5.41) is 13.0. The highest BCUT2D eigenvalue weighted by Gasteiger charge is 2.14. The summed E-state index contributed by atoms with van der Waals surface area (Å²) in [6.45, 7) is 3.96. The molecule has 1 atom stereocenters. The first kappa shape index (κ1) is 19.6. The molecule has 0 heterocycles. The Kier molecular flexibility index (Phi) is 6.86. The highest BCUT2D eigenvalue weighted by molar-refractivity contribution is 5.94. The SMILES string of the molecule is COc1ccc(C(O)CNC(=O)c2ccc(OC(C)C)cc2)cc1OC. The largest absolute Gasteiger partial charge is 0.493 e. The zero-order valence-corrected chi connectivity index (χ0v) is 15.5. The normalized spacial score (nSPS) is 11.8. The monoisotopic (exact) mass is 359 g/mol. The number of methoxy groups -OCH3 is 2. The van der Waals surface area contributed by atoms with E-state index in [2.05, 4.69) is 5.32 Å². The number of rotatable bonds is 8. The average molecular weight is 359 g/mol. The predicted molar refractivity (Wildman–Crippen MR) is 99.0 cm³/mol. The highest BCUT2D eigenvalue weighted by atomic mass is 16.5. The molecule has 0 spiro atoms. The fourth-order valence-corrected chi connectivity index (χ4v) is 2.43. The van der Waals surface area contributed by atoms with Gasteiger partial charge in [0.1, 0.15) is 5.75 Å². The summed E-state index contributed by atoms with van der Waals surface area (Å²) in [6.07, 6.45) is -0.784. The Morgan fingerprint density at radius 1 is 1.04 bits per heavy atom. The van der Waals surface area contributed by atoms with Gasteiger partial charge in [-0.1, -0.05) is 6.07 Å². The molecule has 0 bridgehead atoms. The highest BCUT2D eigenvalue weighted by Crippen LogP contribution is 2.29. The number of carbonyl (C=O) groups excluding carboxylic acids is 1. The molecular weight excluding hydrogens is 334 g/mol. The van der Waals surface area contributed by atoms with E-state index in [1.54, 1.807) is 49.6 Å². The number of aliphatic hydroxyl groups excluding tert-OH is 1. The van der Waals surface area contributed by atoms with Crippen LogP contribution in [0.3, 0.4) is 0 Å². The van der Waals surface area contributed by atoms with Gasteiger partial charge < -0.3 is 24.6 Å². The van der Waals surface area contributed by atoms with Gasteiger partial charge in [-0.25, -0.2) is 0 Å². The molecule has 2 N–H and O–H groups in total. The summed E-state index contributed by atoms with van der Waals surface area (Å²) in [5.41, 5.74) is 1.13. The lowest BCUT2D eigenvalue weighted by Crippen LogP contribution is -2.28. The summed E-state index contributed by atoms with van der Waals surface area (Å²) in [5.74, 6) is 1.55. The van der Waals surface area contributed by atoms with Crippen LogP contribution in [0, 0.1) is 0 Å². The molecule has 0 aliphatic rings. The molecule has 0 radical (unpaired) electrons. The molecule has 2 aromatic carbocycles. The van der Waals surface area contributed by atoms with Crippen molar-refractivity contribution >= 4 is 5.91 Å². The first-order chi connectivity index (χ1) is 12.4. The van der Waals surface area contributed by atoms with Gasteiger partial charge in [-0.15, -0.1) is 0 Å². The molecule has 0 aliphatic carbocycles. The van der Waals surface area contributed by atoms with E-state index in [1.165, 1.54) is 7.11 Å². The van der Waals surface area contributed by atoms with E-state index in [9.17, 15) is 9.90 Å². The lowest BCUT2D eigenvalue weighted by Gasteiger charge is -2.15. The van der Waals surface area contributed by atoms with Crippen LogP contribution in [0.4, 0.5) is 0 Å². The minimum Gasteiger partial charge on any atom is -0.493 e. The van der Waals surface area contributed by atoms with Crippen molar-refractivity contribution in [2.45, 2.75) is 26.1 Å². The van der Waals surface area contributed by atoms with Gasteiger partial charge in [-0.2, -0.15) is 0 Å². The minimum atomic E-state index is -0.859. The predicted octanol–water partition coefficient (Wildman–Crippen LogP) is 2.95. The third-order valence-electron chi connectivity index (χ3n) is 3.74. The van der Waals surface area contributed by atoms with Crippen molar-refractivity contribution in [3.63, 3.8) is 0 Å². The number of carbonyl (C=O) groups is 1. The number of ether oxygens (including phenoxy) is 3. The molecule has 2 aromatic rings. The van der Waals surface area contributed by atoms with Crippen LogP contribution in [0.2, 0.25) is 0 Å². The van der Waals surface area contributed by atoms with E-state index < -0.39 is 6.10 Å². The van der Waals surface area contributed by atoms with Crippen molar-refractivity contribution in [3.8, 4) is 17.2 Å². The van der Waals surface area contributed by atoms with Crippen LogP contribution in [0.1, 0.15) is 35.9 Å². The maximum Gasteiger partial charge on any atom is 0.251 e. The first-order valence-electron chi connectivity index (χ1n) is 8.39. The average Bonchev–Trinajstić information content (AvgIpc) is 2.65. The van der Waals surface area contributed by atoms with E-state index in [-0.39, 0.29) is 18.6 Å². The Hall–Kier alpha value is -2.73. The molecule has 0 fully saturated rings. The number of hydrogen-bond donors (Lipinski definition) is 2. The number of amides is 1. The number of hydrogen-bond acceptors (Lipinski definition) is 5. The van der Waals surface area contributed by atoms with E-state index in [4.69, 9.17) is 14.2 Å². The van der Waals surface area contributed by atoms with E-state index in [0.717, 1.165) is 0 Å². The van der Waals surface area contributed by atoms with Gasteiger partial charge in [-0.3, -0.25) is 4.79 Å². The molecule has 6 heteroatoms. The van der Waals surface area contributed by atoms with Crippen molar-refractivity contribution in [2.75, 3.05) is 20.8 Å². The second-order valence-corrected chi connectivity index (χ2v) is 6.03. The molecule has 26 heavy (non-hydrogen) atoms. The Balaban J connectivity index is 1.96. The number of benzene rings is 2. The van der Waals surface area contributed by atoms with Crippen LogP contribution < -0.4 is 19.5 Å². The minimum absolute atomic E-state index is 0.0753. The van der Waals surface area contributed by atoms with Crippen LogP contribution in [0.5, 0.6) is 17.2 Å². The summed E-state index contributed by atoms with van der Waals surface area (Å²) < 4.78 is 16.0. The molecular formula is C20H25NO5. The van der Waals surface area contributed by atoms with Crippen LogP contribution in [-0.2, 0) is 0 Å². The Morgan fingerprint density at radius 3 is 2.27 bits per heavy atom. The van der Waals surface area contributed by atoms with Crippen LogP contribution in [0.15, 0.2) is 42.5 Å². The number of nitrogens with one attached hydrogen (secondary N) is 1. The molecule has 0 saturated carbocycles. The standard InChI is InChI=1S/C20H25NO5/c1-13(2)26-16-8-5-14(6-9-16)20(23)21-12-17(22)15-7-10-18(24-3)19(11-15)25-4/h5-11,13,17,22H,12H2,1-4H3,(H,21,23). The molecule has 0 aliphatic heterocycles. The van der Waals surface area contributed by atoms with Gasteiger partial charge >= 0.3 is 0 Å². The summed E-state index contributed by atoms with van der Waals surface area (Å²) in [4.78, 5) is 12.2. The van der Waals surface area contributed by atoms with Gasteiger partial charge in [0.05, 0.1) is 26.4 Å². The Labute approximate surface area is 153 Å². The maximum absolute atomic E-state index is 12.2. The molecule has 0 aromatic heterocycles. The van der Waals surface area contributed by atoms with E-state index in [0.29, 0.717) is 28.4 Å². The molecule has 0 saturated heterocycles. The van der Waals surface area contributed by atoms with Crippen LogP contribution in [-0.4, -0.2) is 37.9 Å². The van der Waals surface area contributed by atoms with Crippen molar-refractivity contribution in [1.82, 2.24) is 5.32 Å². The summed E-state index contributed by atoms with van der Waals surface area (Å²) in [6, 6.07) is 12.0. The first-order valence-corrected chi connectivity index (χ1v) is 8.39. The third-order valence-corrected chi connectivity index (χ3v) is 3.74. The van der Waals surface area contributed by atoms with Gasteiger partial charge in [0.2, 0.25) is 0 Å². The molecule has 1 unspecified atom stereocenters. The van der Waals surface area contributed by atoms with Crippen LogP contribution in [0.25, 0.3) is 0 Å². The van der Waals surface area contributed by atoms with E-state index in [1.807, 2.05) is 13.8 Å². The van der Waals surface area contributed by atoms with Gasteiger partial charge in [-0.05, 0) is 55.8 Å².